The molecule has 1 rings (SSSR count). The van der Waals surface area contributed by atoms with Crippen molar-refractivity contribution in [1.29, 1.82) is 0 Å². The van der Waals surface area contributed by atoms with E-state index < -0.39 is 12.3 Å². The Morgan fingerprint density at radius 1 is 1.55 bits per heavy atom. The van der Waals surface area contributed by atoms with Gasteiger partial charge in [-0.05, 0) is 0 Å². The molecule has 1 aliphatic rings. The summed E-state index contributed by atoms with van der Waals surface area (Å²) in [6.45, 7) is 1.51. The smallest absolute Gasteiger partial charge is 0.243 e. The molecule has 1 heterocycles. The van der Waals surface area contributed by atoms with Crippen LogP contribution in [0.3, 0.4) is 0 Å². The van der Waals surface area contributed by atoms with E-state index in [1.54, 1.807) is 7.11 Å². The van der Waals surface area contributed by atoms with Crippen LogP contribution in [0.2, 0.25) is 0 Å². The molecule has 0 saturated carbocycles. The summed E-state index contributed by atoms with van der Waals surface area (Å²) in [4.78, 5) is 0. The van der Waals surface area contributed by atoms with E-state index in [1.807, 2.05) is 0 Å². The topological polar surface area (TPSA) is 21.3 Å². The largest absolute Gasteiger partial charge is 0.384 e. The zero-order valence-corrected chi connectivity index (χ0v) is 6.52. The van der Waals surface area contributed by atoms with Crippen molar-refractivity contribution < 1.29 is 13.5 Å². The Hall–Kier alpha value is -0.220. The third-order valence-electron chi connectivity index (χ3n) is 2.10. The number of alkyl halides is 2. The van der Waals surface area contributed by atoms with Crippen molar-refractivity contribution in [3.8, 4) is 0 Å². The minimum absolute atomic E-state index is 0.0139. The minimum Gasteiger partial charge on any atom is -0.384 e. The molecule has 1 N–H and O–H groups in total. The highest BCUT2D eigenvalue weighted by atomic mass is 19.3. The first-order chi connectivity index (χ1) is 5.25. The summed E-state index contributed by atoms with van der Waals surface area (Å²) in [6, 6.07) is 0. The average molecular weight is 165 g/mol. The Kier molecular flexibility index (Phi) is 3.20. The molecule has 4 heteroatoms. The van der Waals surface area contributed by atoms with Crippen molar-refractivity contribution in [2.45, 2.75) is 6.43 Å². The molecule has 0 bridgehead atoms. The number of halogens is 2. The van der Waals surface area contributed by atoms with Gasteiger partial charge in [0, 0.05) is 32.0 Å². The molecule has 0 aromatic carbocycles. The SMILES string of the molecule is COC[C@@H]1CNC[C@H]1C(F)F. The second-order valence-electron chi connectivity index (χ2n) is 2.87. The van der Waals surface area contributed by atoms with Crippen molar-refractivity contribution in [3.63, 3.8) is 0 Å². The second kappa shape index (κ2) is 3.97. The lowest BCUT2D eigenvalue weighted by Crippen LogP contribution is -2.23. The molecule has 66 valence electrons. The van der Waals surface area contributed by atoms with Gasteiger partial charge >= 0.3 is 0 Å². The van der Waals surface area contributed by atoms with Gasteiger partial charge < -0.3 is 10.1 Å². The molecule has 0 aromatic heterocycles. The molecule has 11 heavy (non-hydrogen) atoms. The fourth-order valence-electron chi connectivity index (χ4n) is 1.44. The molecular formula is C7H13F2NO. The first kappa shape index (κ1) is 8.87. The summed E-state index contributed by atoms with van der Waals surface area (Å²) < 4.78 is 29.3. The summed E-state index contributed by atoms with van der Waals surface area (Å²) in [5.41, 5.74) is 0. The number of ether oxygens (including phenoxy) is 1. The maximum atomic E-state index is 12.2. The molecule has 1 aliphatic heterocycles. The third kappa shape index (κ3) is 2.10. The highest BCUT2D eigenvalue weighted by molar-refractivity contribution is 4.82. The van der Waals surface area contributed by atoms with Crippen molar-refractivity contribution in [3.05, 3.63) is 0 Å². The van der Waals surface area contributed by atoms with Crippen LogP contribution in [0.5, 0.6) is 0 Å². The number of rotatable bonds is 3. The van der Waals surface area contributed by atoms with Crippen molar-refractivity contribution >= 4 is 0 Å². The van der Waals surface area contributed by atoms with E-state index in [1.165, 1.54) is 0 Å². The molecule has 0 amide bonds. The van der Waals surface area contributed by atoms with Crippen LogP contribution in [0.25, 0.3) is 0 Å². The number of hydrogen-bond donors (Lipinski definition) is 1. The maximum Gasteiger partial charge on any atom is 0.243 e. The van der Waals surface area contributed by atoms with Crippen LogP contribution >= 0.6 is 0 Å². The van der Waals surface area contributed by atoms with Crippen LogP contribution < -0.4 is 5.32 Å². The van der Waals surface area contributed by atoms with E-state index in [0.29, 0.717) is 19.7 Å². The molecular weight excluding hydrogens is 152 g/mol. The second-order valence-corrected chi connectivity index (χ2v) is 2.87. The lowest BCUT2D eigenvalue weighted by molar-refractivity contribution is 0.0378. The van der Waals surface area contributed by atoms with Gasteiger partial charge in [0.1, 0.15) is 0 Å². The third-order valence-corrected chi connectivity index (χ3v) is 2.10. The van der Waals surface area contributed by atoms with Crippen LogP contribution in [0, 0.1) is 11.8 Å². The van der Waals surface area contributed by atoms with Gasteiger partial charge in [0.2, 0.25) is 6.43 Å². The van der Waals surface area contributed by atoms with Crippen molar-refractivity contribution in [2.24, 2.45) is 11.8 Å². The number of nitrogens with one attached hydrogen (secondary N) is 1. The molecule has 2 atom stereocenters. The Balaban J connectivity index is 2.37. The van der Waals surface area contributed by atoms with Crippen LogP contribution in [0.4, 0.5) is 8.78 Å². The monoisotopic (exact) mass is 165 g/mol. The van der Waals surface area contributed by atoms with E-state index in [0.717, 1.165) is 0 Å². The summed E-state index contributed by atoms with van der Waals surface area (Å²) >= 11 is 0. The Labute approximate surface area is 64.9 Å². The first-order valence-corrected chi connectivity index (χ1v) is 3.73. The zero-order chi connectivity index (χ0) is 8.27. The maximum absolute atomic E-state index is 12.2. The van der Waals surface area contributed by atoms with Crippen molar-refractivity contribution in [1.82, 2.24) is 5.32 Å². The molecule has 0 aromatic rings. The average Bonchev–Trinajstić information content (AvgIpc) is 2.36. The van der Waals surface area contributed by atoms with E-state index in [9.17, 15) is 8.78 Å². The summed E-state index contributed by atoms with van der Waals surface area (Å²) in [6.07, 6.45) is -2.22. The summed E-state index contributed by atoms with van der Waals surface area (Å²) in [5.74, 6) is -0.532. The number of methoxy groups -OCH3 is 1. The Morgan fingerprint density at radius 3 is 2.82 bits per heavy atom. The predicted octanol–water partition coefficient (Wildman–Crippen LogP) is 0.734. The Bertz CT molecular complexity index is 121. The fraction of sp³-hybridized carbons (Fsp3) is 1.00. The molecule has 1 fully saturated rings. The van der Waals surface area contributed by atoms with E-state index in [-0.39, 0.29) is 5.92 Å². The van der Waals surface area contributed by atoms with Crippen LogP contribution in [-0.4, -0.2) is 33.2 Å². The zero-order valence-electron chi connectivity index (χ0n) is 6.52. The van der Waals surface area contributed by atoms with E-state index in [2.05, 4.69) is 5.32 Å². The lowest BCUT2D eigenvalue weighted by Gasteiger charge is -2.15. The van der Waals surface area contributed by atoms with Crippen LogP contribution in [-0.2, 0) is 4.74 Å². The number of hydrogen-bond acceptors (Lipinski definition) is 2. The predicted molar refractivity (Wildman–Crippen MR) is 37.7 cm³/mol. The van der Waals surface area contributed by atoms with Gasteiger partial charge in [-0.15, -0.1) is 0 Å². The van der Waals surface area contributed by atoms with Gasteiger partial charge in [0.15, 0.2) is 0 Å². The van der Waals surface area contributed by atoms with E-state index in [4.69, 9.17) is 4.74 Å². The van der Waals surface area contributed by atoms with E-state index >= 15 is 0 Å². The standard InChI is InChI=1S/C7H13F2NO/c1-11-4-5-2-10-3-6(5)7(8)9/h5-7,10H,2-4H2,1H3/t5-,6+/m0/s1. The minimum atomic E-state index is -2.22. The van der Waals surface area contributed by atoms with Gasteiger partial charge in [0.25, 0.3) is 0 Å². The van der Waals surface area contributed by atoms with Gasteiger partial charge in [-0.1, -0.05) is 0 Å². The summed E-state index contributed by atoms with van der Waals surface area (Å²) in [7, 11) is 1.54. The Morgan fingerprint density at radius 2 is 2.27 bits per heavy atom. The molecule has 1 saturated heterocycles. The van der Waals surface area contributed by atoms with Crippen LogP contribution in [0.1, 0.15) is 0 Å². The van der Waals surface area contributed by atoms with Crippen molar-refractivity contribution in [2.75, 3.05) is 26.8 Å². The normalized spacial score (nSPS) is 31.6. The molecule has 0 unspecified atom stereocenters. The molecule has 0 spiro atoms. The van der Waals surface area contributed by atoms with Crippen LogP contribution in [0.15, 0.2) is 0 Å². The molecule has 0 radical (unpaired) electrons. The van der Waals surface area contributed by atoms with Gasteiger partial charge in [-0.25, -0.2) is 8.78 Å². The lowest BCUT2D eigenvalue weighted by atomic mass is 9.98. The molecule has 2 nitrogen and oxygen atoms in total. The summed E-state index contributed by atoms with van der Waals surface area (Å²) in [5, 5.41) is 2.93. The van der Waals surface area contributed by atoms with Gasteiger partial charge in [-0.3, -0.25) is 0 Å². The quantitative estimate of drug-likeness (QED) is 0.665. The highest BCUT2D eigenvalue weighted by Crippen LogP contribution is 2.23. The fourth-order valence-corrected chi connectivity index (χ4v) is 1.44. The highest BCUT2D eigenvalue weighted by Gasteiger charge is 2.33. The van der Waals surface area contributed by atoms with Gasteiger partial charge in [-0.2, -0.15) is 0 Å². The molecule has 0 aliphatic carbocycles. The van der Waals surface area contributed by atoms with Gasteiger partial charge in [0.05, 0.1) is 6.61 Å². The first-order valence-electron chi connectivity index (χ1n) is 3.73.